The van der Waals surface area contributed by atoms with Gasteiger partial charge in [-0.1, -0.05) is 36.8 Å². The molecular weight excluding hydrogens is 228 g/mol. The van der Waals surface area contributed by atoms with Gasteiger partial charge in [-0.15, -0.1) is 0 Å². The molecule has 0 bridgehead atoms. The molecule has 0 aliphatic heterocycles. The summed E-state index contributed by atoms with van der Waals surface area (Å²) in [6.45, 7) is 0. The first kappa shape index (κ1) is 12.3. The van der Waals surface area contributed by atoms with Gasteiger partial charge >= 0.3 is 0 Å². The van der Waals surface area contributed by atoms with Gasteiger partial charge in [0, 0.05) is 0 Å². The second-order valence-corrected chi connectivity index (χ2v) is 5.08. The molecule has 0 radical (unpaired) electrons. The number of aryl methyl sites for hydroxylation is 1. The summed E-state index contributed by atoms with van der Waals surface area (Å²) >= 11 is 1.64. The van der Waals surface area contributed by atoms with Gasteiger partial charge in [0.15, 0.2) is 0 Å². The first-order valence-electron chi connectivity index (χ1n) is 6.10. The van der Waals surface area contributed by atoms with E-state index >= 15 is 0 Å². The fourth-order valence-corrected chi connectivity index (χ4v) is 2.65. The summed E-state index contributed by atoms with van der Waals surface area (Å²) < 4.78 is 0. The number of benzene rings is 1. The van der Waals surface area contributed by atoms with Crippen LogP contribution in [0.4, 0.5) is 0 Å². The lowest BCUT2D eigenvalue weighted by Crippen LogP contribution is -1.96. The van der Waals surface area contributed by atoms with Crippen molar-refractivity contribution in [3.05, 3.63) is 58.3 Å². The van der Waals surface area contributed by atoms with Gasteiger partial charge in [0.25, 0.3) is 0 Å². The Balaban J connectivity index is 1.67. The molecule has 0 saturated heterocycles. The molecule has 0 aliphatic rings. The Morgan fingerprint density at radius 1 is 1.06 bits per heavy atom. The minimum atomic E-state index is -0.281. The van der Waals surface area contributed by atoms with Crippen molar-refractivity contribution in [3.63, 3.8) is 0 Å². The summed E-state index contributed by atoms with van der Waals surface area (Å²) in [5.74, 6) is 0. The number of rotatable bonds is 6. The molecule has 2 rings (SSSR count). The highest BCUT2D eigenvalue weighted by Gasteiger charge is 2.06. The highest BCUT2D eigenvalue weighted by Crippen LogP contribution is 2.21. The maximum Gasteiger partial charge on any atom is 0.0798 e. The lowest BCUT2D eigenvalue weighted by Gasteiger charge is -2.08. The van der Waals surface area contributed by atoms with E-state index in [4.69, 9.17) is 0 Å². The molecule has 1 unspecified atom stereocenters. The van der Waals surface area contributed by atoms with Crippen LogP contribution in [-0.4, -0.2) is 5.11 Å². The molecule has 1 heterocycles. The molecule has 1 aromatic heterocycles. The van der Waals surface area contributed by atoms with E-state index in [9.17, 15) is 5.11 Å². The number of aliphatic hydroxyl groups is 1. The normalized spacial score (nSPS) is 12.5. The van der Waals surface area contributed by atoms with Crippen LogP contribution >= 0.6 is 11.3 Å². The molecule has 1 atom stereocenters. The molecule has 1 aromatic carbocycles. The maximum absolute atomic E-state index is 9.91. The van der Waals surface area contributed by atoms with Crippen LogP contribution in [0.15, 0.2) is 47.2 Å². The van der Waals surface area contributed by atoms with Gasteiger partial charge < -0.3 is 5.11 Å². The van der Waals surface area contributed by atoms with Gasteiger partial charge in [-0.2, -0.15) is 11.3 Å². The van der Waals surface area contributed by atoms with E-state index < -0.39 is 0 Å². The van der Waals surface area contributed by atoms with Gasteiger partial charge in [-0.05, 0) is 47.2 Å². The Kier molecular flexibility index (Phi) is 4.77. The number of thiophene rings is 1. The Labute approximate surface area is 107 Å². The zero-order valence-corrected chi connectivity index (χ0v) is 10.7. The highest BCUT2D eigenvalue weighted by molar-refractivity contribution is 7.07. The minimum Gasteiger partial charge on any atom is -0.388 e. The largest absolute Gasteiger partial charge is 0.388 e. The van der Waals surface area contributed by atoms with Crippen molar-refractivity contribution in [2.45, 2.75) is 31.8 Å². The maximum atomic E-state index is 9.91. The predicted octanol–water partition coefficient (Wildman–Crippen LogP) is 4.19. The third-order valence-corrected chi connectivity index (χ3v) is 3.67. The second kappa shape index (κ2) is 6.58. The summed E-state index contributed by atoms with van der Waals surface area (Å²) in [7, 11) is 0. The van der Waals surface area contributed by atoms with Gasteiger partial charge in [0.05, 0.1) is 6.10 Å². The predicted molar refractivity (Wildman–Crippen MR) is 73.3 cm³/mol. The molecular formula is C15H18OS. The third-order valence-electron chi connectivity index (χ3n) is 2.96. The van der Waals surface area contributed by atoms with E-state index in [0.29, 0.717) is 0 Å². The van der Waals surface area contributed by atoms with Crippen LogP contribution in [0.3, 0.4) is 0 Å². The van der Waals surface area contributed by atoms with E-state index in [1.54, 1.807) is 11.3 Å². The first-order chi connectivity index (χ1) is 8.36. The molecule has 0 spiro atoms. The zero-order valence-electron chi connectivity index (χ0n) is 9.88. The van der Waals surface area contributed by atoms with E-state index in [-0.39, 0.29) is 6.10 Å². The van der Waals surface area contributed by atoms with Crippen LogP contribution in [-0.2, 0) is 6.42 Å². The van der Waals surface area contributed by atoms with Crippen molar-refractivity contribution < 1.29 is 5.11 Å². The first-order valence-corrected chi connectivity index (χ1v) is 7.04. The SMILES string of the molecule is OC(CCCCc1ccccc1)c1ccsc1. The lowest BCUT2D eigenvalue weighted by molar-refractivity contribution is 0.164. The lowest BCUT2D eigenvalue weighted by atomic mass is 10.0. The summed E-state index contributed by atoms with van der Waals surface area (Å²) in [5, 5.41) is 14.0. The molecule has 2 heteroatoms. The molecule has 0 fully saturated rings. The Bertz CT molecular complexity index is 408. The molecule has 0 aliphatic carbocycles. The van der Waals surface area contributed by atoms with E-state index in [1.165, 1.54) is 5.56 Å². The number of unbranched alkanes of at least 4 members (excludes halogenated alkanes) is 1. The summed E-state index contributed by atoms with van der Waals surface area (Å²) in [6, 6.07) is 12.5. The van der Waals surface area contributed by atoms with E-state index in [1.807, 2.05) is 22.9 Å². The van der Waals surface area contributed by atoms with Crippen LogP contribution in [0.1, 0.15) is 36.5 Å². The van der Waals surface area contributed by atoms with Crippen LogP contribution in [0.5, 0.6) is 0 Å². The summed E-state index contributed by atoms with van der Waals surface area (Å²) in [6.07, 6.45) is 3.91. The van der Waals surface area contributed by atoms with Gasteiger partial charge in [0.2, 0.25) is 0 Å². The quantitative estimate of drug-likeness (QED) is 0.758. The Morgan fingerprint density at radius 3 is 2.59 bits per heavy atom. The standard InChI is InChI=1S/C15H18OS/c16-15(14-10-11-17-12-14)9-5-4-8-13-6-2-1-3-7-13/h1-3,6-7,10-12,15-16H,4-5,8-9H2. The van der Waals surface area contributed by atoms with Crippen LogP contribution in [0.25, 0.3) is 0 Å². The average molecular weight is 246 g/mol. The summed E-state index contributed by atoms with van der Waals surface area (Å²) in [4.78, 5) is 0. The highest BCUT2D eigenvalue weighted by atomic mass is 32.1. The molecule has 1 N–H and O–H groups in total. The monoisotopic (exact) mass is 246 g/mol. The summed E-state index contributed by atoms with van der Waals surface area (Å²) in [5.41, 5.74) is 2.45. The molecule has 2 aromatic rings. The average Bonchev–Trinajstić information content (AvgIpc) is 2.89. The number of hydrogen-bond donors (Lipinski definition) is 1. The fraction of sp³-hybridized carbons (Fsp3) is 0.333. The van der Waals surface area contributed by atoms with Crippen molar-refractivity contribution >= 4 is 11.3 Å². The second-order valence-electron chi connectivity index (χ2n) is 4.30. The van der Waals surface area contributed by atoms with Crippen molar-refractivity contribution in [1.82, 2.24) is 0 Å². The molecule has 17 heavy (non-hydrogen) atoms. The van der Waals surface area contributed by atoms with Crippen molar-refractivity contribution in [3.8, 4) is 0 Å². The van der Waals surface area contributed by atoms with Gasteiger partial charge in [0.1, 0.15) is 0 Å². The molecule has 0 amide bonds. The topological polar surface area (TPSA) is 20.2 Å². The zero-order chi connectivity index (χ0) is 11.9. The minimum absolute atomic E-state index is 0.281. The van der Waals surface area contributed by atoms with Crippen molar-refractivity contribution in [2.75, 3.05) is 0 Å². The Hall–Kier alpha value is -1.12. The van der Waals surface area contributed by atoms with E-state index in [2.05, 4.69) is 24.3 Å². The number of hydrogen-bond acceptors (Lipinski definition) is 2. The number of aliphatic hydroxyl groups excluding tert-OH is 1. The smallest absolute Gasteiger partial charge is 0.0798 e. The van der Waals surface area contributed by atoms with Crippen LogP contribution < -0.4 is 0 Å². The van der Waals surface area contributed by atoms with Crippen molar-refractivity contribution in [1.29, 1.82) is 0 Å². The van der Waals surface area contributed by atoms with Gasteiger partial charge in [-0.25, -0.2) is 0 Å². The van der Waals surface area contributed by atoms with Gasteiger partial charge in [-0.3, -0.25) is 0 Å². The molecule has 1 nitrogen and oxygen atoms in total. The molecule has 0 saturated carbocycles. The van der Waals surface area contributed by atoms with Crippen LogP contribution in [0, 0.1) is 0 Å². The van der Waals surface area contributed by atoms with E-state index in [0.717, 1.165) is 31.2 Å². The van der Waals surface area contributed by atoms with Crippen molar-refractivity contribution in [2.24, 2.45) is 0 Å². The third kappa shape index (κ3) is 3.99. The fourth-order valence-electron chi connectivity index (χ4n) is 1.94. The molecule has 90 valence electrons. The Morgan fingerprint density at radius 2 is 1.88 bits per heavy atom. The van der Waals surface area contributed by atoms with Crippen LogP contribution in [0.2, 0.25) is 0 Å².